The van der Waals surface area contributed by atoms with Crippen molar-refractivity contribution in [3.8, 4) is 0 Å². The third-order valence-electron chi connectivity index (χ3n) is 0.292. The van der Waals surface area contributed by atoms with Gasteiger partial charge in [-0.25, -0.2) is 0 Å². The summed E-state index contributed by atoms with van der Waals surface area (Å²) in [5.41, 5.74) is -5.53. The minimum Gasteiger partial charge on any atom is -0.279 e. The zero-order valence-electron chi connectivity index (χ0n) is 3.81. The second-order valence-electron chi connectivity index (χ2n) is 0.921. The van der Waals surface area contributed by atoms with Crippen molar-refractivity contribution in [2.24, 2.45) is 0 Å². The van der Waals surface area contributed by atoms with Crippen molar-refractivity contribution in [1.82, 2.24) is 0 Å². The summed E-state index contributed by atoms with van der Waals surface area (Å²) >= 11 is 0. The van der Waals surface area contributed by atoms with Gasteiger partial charge in [0.05, 0.1) is 0 Å². The number of halogens is 3. The summed E-state index contributed by atoms with van der Waals surface area (Å²) < 4.78 is 57.5. The summed E-state index contributed by atoms with van der Waals surface area (Å²) in [6.07, 6.45) is 0. The maximum atomic E-state index is 10.7. The van der Waals surface area contributed by atoms with E-state index in [0.29, 0.717) is 0 Å². The van der Waals surface area contributed by atoms with Crippen molar-refractivity contribution in [2.45, 2.75) is 5.51 Å². The SMILES string of the molecule is O=S(=O)(O)C(F)(F)F.[Nd]. The van der Waals surface area contributed by atoms with Crippen LogP contribution < -0.4 is 0 Å². The van der Waals surface area contributed by atoms with Gasteiger partial charge < -0.3 is 0 Å². The standard InChI is InChI=1S/CHF3O3S.Nd/c2-1(3,4)8(5,6)7;/h(H,5,6,7);. The Labute approximate surface area is 81.9 Å². The second kappa shape index (κ2) is 3.44. The predicted molar refractivity (Wildman–Crippen MR) is 17.6 cm³/mol. The van der Waals surface area contributed by atoms with E-state index in [4.69, 9.17) is 13.0 Å². The van der Waals surface area contributed by atoms with Crippen molar-refractivity contribution < 1.29 is 67.0 Å². The fraction of sp³-hybridized carbons (Fsp3) is 1.00. The third-order valence-corrected chi connectivity index (χ3v) is 0.877. The Morgan fingerprint density at radius 3 is 1.33 bits per heavy atom. The third kappa shape index (κ3) is 4.45. The molecule has 0 saturated heterocycles. The molecule has 0 aromatic heterocycles. The summed E-state index contributed by atoms with van der Waals surface area (Å²) in [7, 11) is -5.84. The van der Waals surface area contributed by atoms with Gasteiger partial charge in [0.1, 0.15) is 0 Å². The van der Waals surface area contributed by atoms with Crippen LogP contribution in [-0.4, -0.2) is 18.5 Å². The van der Waals surface area contributed by atoms with Gasteiger partial charge in [-0.05, 0) is 0 Å². The number of hydrogen-bond acceptors (Lipinski definition) is 2. The zero-order valence-corrected chi connectivity index (χ0v) is 7.83. The van der Waals surface area contributed by atoms with Crippen molar-refractivity contribution in [3.63, 3.8) is 0 Å². The first-order chi connectivity index (χ1) is 3.25. The topological polar surface area (TPSA) is 54.4 Å². The van der Waals surface area contributed by atoms with Gasteiger partial charge in [0.15, 0.2) is 0 Å². The summed E-state index contributed by atoms with van der Waals surface area (Å²) in [6, 6.07) is 0. The molecule has 0 saturated carbocycles. The van der Waals surface area contributed by atoms with Crippen LogP contribution in [0.3, 0.4) is 0 Å². The Kier molecular flexibility index (Phi) is 4.86. The minimum atomic E-state index is -5.84. The van der Waals surface area contributed by atoms with Crippen LogP contribution in [0.15, 0.2) is 0 Å². The molecule has 0 aromatic carbocycles. The summed E-state index contributed by atoms with van der Waals surface area (Å²) in [4.78, 5) is 0. The first kappa shape index (κ1) is 12.7. The molecule has 1 N–H and O–H groups in total. The Hall–Kier alpha value is 1.05. The molecule has 0 fully saturated rings. The molecule has 0 aliphatic carbocycles. The summed E-state index contributed by atoms with van der Waals surface area (Å²) in [5.74, 6) is 0. The van der Waals surface area contributed by atoms with Gasteiger partial charge in [0, 0.05) is 40.8 Å². The van der Waals surface area contributed by atoms with Crippen LogP contribution in [0.1, 0.15) is 0 Å². The van der Waals surface area contributed by atoms with Gasteiger partial charge in [-0.1, -0.05) is 0 Å². The van der Waals surface area contributed by atoms with Gasteiger partial charge in [-0.3, -0.25) is 4.55 Å². The van der Waals surface area contributed by atoms with E-state index in [1.54, 1.807) is 0 Å². The second-order valence-corrected chi connectivity index (χ2v) is 2.33. The monoisotopic (exact) mass is 292 g/mol. The molecule has 0 atom stereocenters. The van der Waals surface area contributed by atoms with E-state index < -0.39 is 15.6 Å². The fourth-order valence-corrected chi connectivity index (χ4v) is 0. The molecule has 8 heteroatoms. The first-order valence-electron chi connectivity index (χ1n) is 1.29. The number of rotatable bonds is 0. The van der Waals surface area contributed by atoms with Crippen LogP contribution in [-0.2, 0) is 10.1 Å². The van der Waals surface area contributed by atoms with E-state index in [1.165, 1.54) is 0 Å². The maximum Gasteiger partial charge on any atom is 0.522 e. The average molecular weight is 294 g/mol. The summed E-state index contributed by atoms with van der Waals surface area (Å²) in [5, 5.41) is 0. The van der Waals surface area contributed by atoms with Gasteiger partial charge in [-0.2, -0.15) is 21.6 Å². The molecule has 0 rings (SSSR count). The fourth-order valence-electron chi connectivity index (χ4n) is 0. The maximum absolute atomic E-state index is 10.7. The largest absolute Gasteiger partial charge is 0.522 e. The van der Waals surface area contributed by atoms with Crippen LogP contribution in [0.2, 0.25) is 0 Å². The van der Waals surface area contributed by atoms with E-state index in [2.05, 4.69) is 0 Å². The van der Waals surface area contributed by atoms with Gasteiger partial charge in [0.2, 0.25) is 0 Å². The molecule has 0 aliphatic heterocycles. The Balaban J connectivity index is 0. The molecule has 3 nitrogen and oxygen atoms in total. The Bertz CT molecular complexity index is 168. The molecule has 9 heavy (non-hydrogen) atoms. The zero-order chi connectivity index (χ0) is 7.00. The molecule has 0 radical (unpaired) electrons. The van der Waals surface area contributed by atoms with Crippen LogP contribution in [0.4, 0.5) is 13.2 Å². The molecule has 0 aliphatic rings. The molecule has 0 spiro atoms. The minimum absolute atomic E-state index is 0. The average Bonchev–Trinajstić information content (AvgIpc) is 1.25. The molecule has 0 unspecified atom stereocenters. The van der Waals surface area contributed by atoms with Crippen molar-refractivity contribution in [3.05, 3.63) is 0 Å². The summed E-state index contributed by atoms with van der Waals surface area (Å²) in [6.45, 7) is 0. The first-order valence-corrected chi connectivity index (χ1v) is 2.73. The van der Waals surface area contributed by atoms with Crippen LogP contribution in [0.5, 0.6) is 0 Å². The molecular formula is CHF3NdO3S. The van der Waals surface area contributed by atoms with E-state index in [0.717, 1.165) is 0 Å². The Morgan fingerprint density at radius 2 is 1.33 bits per heavy atom. The molecule has 0 amide bonds. The Morgan fingerprint density at radius 1 is 1.22 bits per heavy atom. The smallest absolute Gasteiger partial charge is 0.279 e. The van der Waals surface area contributed by atoms with E-state index in [9.17, 15) is 13.2 Å². The van der Waals surface area contributed by atoms with Gasteiger partial charge in [-0.15, -0.1) is 0 Å². The van der Waals surface area contributed by atoms with Crippen molar-refractivity contribution in [2.75, 3.05) is 0 Å². The van der Waals surface area contributed by atoms with E-state index in [1.807, 2.05) is 0 Å². The van der Waals surface area contributed by atoms with E-state index in [-0.39, 0.29) is 40.8 Å². The van der Waals surface area contributed by atoms with Crippen LogP contribution in [0, 0.1) is 40.8 Å². The predicted octanol–water partition coefficient (Wildman–Crippen LogP) is 0.394. The number of alkyl halides is 3. The molecule has 0 aromatic rings. The normalized spacial score (nSPS) is 12.4. The van der Waals surface area contributed by atoms with Gasteiger partial charge in [0.25, 0.3) is 0 Å². The quantitative estimate of drug-likeness (QED) is 0.519. The molecular weight excluding hydrogens is 293 g/mol. The number of hydrogen-bond donors (Lipinski definition) is 1. The molecule has 0 heterocycles. The molecule has 54 valence electrons. The molecule has 0 bridgehead atoms. The van der Waals surface area contributed by atoms with E-state index >= 15 is 0 Å². The van der Waals surface area contributed by atoms with Crippen LogP contribution >= 0.6 is 0 Å². The van der Waals surface area contributed by atoms with Crippen molar-refractivity contribution in [1.29, 1.82) is 0 Å². The van der Waals surface area contributed by atoms with Gasteiger partial charge >= 0.3 is 15.6 Å². The van der Waals surface area contributed by atoms with Crippen molar-refractivity contribution >= 4 is 10.1 Å². The van der Waals surface area contributed by atoms with Crippen LogP contribution in [0.25, 0.3) is 0 Å².